The van der Waals surface area contributed by atoms with E-state index >= 15 is 0 Å². The van der Waals surface area contributed by atoms with Gasteiger partial charge in [-0.05, 0) is 18.6 Å². The zero-order valence-electron chi connectivity index (χ0n) is 18.2. The molecule has 0 atom stereocenters. The highest BCUT2D eigenvalue weighted by Gasteiger charge is 2.01. The van der Waals surface area contributed by atoms with Crippen molar-refractivity contribution >= 4 is 5.69 Å². The van der Waals surface area contributed by atoms with Crippen molar-refractivity contribution in [2.24, 2.45) is 0 Å². The summed E-state index contributed by atoms with van der Waals surface area (Å²) in [5.74, 6) is 0.353. The molecule has 0 aromatic heterocycles. The molecule has 0 heterocycles. The number of unbranched alkanes of at least 4 members (excludes halogenated alkanes) is 15. The summed E-state index contributed by atoms with van der Waals surface area (Å²) in [5, 5.41) is 9.55. The standard InChI is InChI=1S/C25H45NO/c1-3-4-5-6-7-8-9-10-11-12-13-14-15-16-17-18-22-26(2)24-20-19-21-25(27)23-24/h19-21,23,27H,3-18,22H2,1-2H3. The topological polar surface area (TPSA) is 23.5 Å². The van der Waals surface area contributed by atoms with Crippen molar-refractivity contribution in [2.75, 3.05) is 18.5 Å². The second kappa shape index (κ2) is 17.0. The Labute approximate surface area is 169 Å². The summed E-state index contributed by atoms with van der Waals surface area (Å²) >= 11 is 0. The highest BCUT2D eigenvalue weighted by Crippen LogP contribution is 2.19. The van der Waals surface area contributed by atoms with Crippen molar-refractivity contribution in [3.63, 3.8) is 0 Å². The average Bonchev–Trinajstić information content (AvgIpc) is 2.67. The Kier molecular flexibility index (Phi) is 15.0. The normalized spacial score (nSPS) is 11.0. The zero-order valence-corrected chi connectivity index (χ0v) is 18.2. The largest absolute Gasteiger partial charge is 0.508 e. The van der Waals surface area contributed by atoms with Gasteiger partial charge in [-0.25, -0.2) is 0 Å². The van der Waals surface area contributed by atoms with Crippen molar-refractivity contribution in [1.29, 1.82) is 0 Å². The third-order valence-electron chi connectivity index (χ3n) is 5.62. The quantitative estimate of drug-likeness (QED) is 0.262. The number of phenolic OH excluding ortho intramolecular Hbond substituents is 1. The molecule has 156 valence electrons. The molecular weight excluding hydrogens is 330 g/mol. The smallest absolute Gasteiger partial charge is 0.117 e. The summed E-state index contributed by atoms with van der Waals surface area (Å²) in [6.07, 6.45) is 22.6. The second-order valence-electron chi connectivity index (χ2n) is 8.24. The zero-order chi connectivity index (χ0) is 19.6. The van der Waals surface area contributed by atoms with Gasteiger partial charge in [0.25, 0.3) is 0 Å². The van der Waals surface area contributed by atoms with Crippen molar-refractivity contribution in [1.82, 2.24) is 0 Å². The van der Waals surface area contributed by atoms with E-state index in [0.717, 1.165) is 12.2 Å². The third-order valence-corrected chi connectivity index (χ3v) is 5.62. The van der Waals surface area contributed by atoms with Gasteiger partial charge in [-0.3, -0.25) is 0 Å². The molecule has 0 radical (unpaired) electrons. The van der Waals surface area contributed by atoms with Gasteiger partial charge in [-0.15, -0.1) is 0 Å². The molecule has 0 aliphatic carbocycles. The molecule has 1 aromatic carbocycles. The van der Waals surface area contributed by atoms with Gasteiger partial charge < -0.3 is 10.0 Å². The van der Waals surface area contributed by atoms with E-state index in [1.165, 1.54) is 103 Å². The number of nitrogens with zero attached hydrogens (tertiary/aromatic N) is 1. The summed E-state index contributed by atoms with van der Waals surface area (Å²) < 4.78 is 0. The van der Waals surface area contributed by atoms with Crippen LogP contribution in [0.5, 0.6) is 5.75 Å². The van der Waals surface area contributed by atoms with Gasteiger partial charge in [-0.1, -0.05) is 109 Å². The molecule has 0 saturated carbocycles. The molecule has 0 aliphatic heterocycles. The van der Waals surface area contributed by atoms with Gasteiger partial charge in [0.15, 0.2) is 0 Å². The van der Waals surface area contributed by atoms with Crippen LogP contribution in [0.3, 0.4) is 0 Å². The Bertz CT molecular complexity index is 446. The maximum absolute atomic E-state index is 9.55. The molecule has 0 spiro atoms. The fourth-order valence-corrected chi connectivity index (χ4v) is 3.76. The average molecular weight is 376 g/mol. The molecular formula is C25H45NO. The van der Waals surface area contributed by atoms with Crippen molar-refractivity contribution in [2.45, 2.75) is 110 Å². The Morgan fingerprint density at radius 1 is 0.667 bits per heavy atom. The van der Waals surface area contributed by atoms with Crippen molar-refractivity contribution in [3.8, 4) is 5.75 Å². The van der Waals surface area contributed by atoms with E-state index in [0.29, 0.717) is 5.75 Å². The van der Waals surface area contributed by atoms with E-state index in [-0.39, 0.29) is 0 Å². The van der Waals surface area contributed by atoms with Crippen LogP contribution in [0.2, 0.25) is 0 Å². The Morgan fingerprint density at radius 3 is 1.56 bits per heavy atom. The molecule has 1 aromatic rings. The van der Waals surface area contributed by atoms with Crippen molar-refractivity contribution in [3.05, 3.63) is 24.3 Å². The lowest BCUT2D eigenvalue weighted by atomic mass is 10.0. The Morgan fingerprint density at radius 2 is 1.11 bits per heavy atom. The fraction of sp³-hybridized carbons (Fsp3) is 0.760. The Hall–Kier alpha value is -1.18. The lowest BCUT2D eigenvalue weighted by molar-refractivity contribution is 0.475. The molecule has 0 saturated heterocycles. The molecule has 0 amide bonds. The maximum atomic E-state index is 9.55. The summed E-state index contributed by atoms with van der Waals surface area (Å²) in [6, 6.07) is 7.54. The van der Waals surface area contributed by atoms with E-state index in [2.05, 4.69) is 24.9 Å². The van der Waals surface area contributed by atoms with Crippen molar-refractivity contribution < 1.29 is 5.11 Å². The van der Waals surface area contributed by atoms with Gasteiger partial charge in [0.1, 0.15) is 5.75 Å². The minimum Gasteiger partial charge on any atom is -0.508 e. The first-order chi connectivity index (χ1) is 13.2. The van der Waals surface area contributed by atoms with Gasteiger partial charge in [-0.2, -0.15) is 0 Å². The summed E-state index contributed by atoms with van der Waals surface area (Å²) in [6.45, 7) is 3.36. The van der Waals surface area contributed by atoms with E-state index in [1.54, 1.807) is 6.07 Å². The van der Waals surface area contributed by atoms with Gasteiger partial charge in [0, 0.05) is 25.3 Å². The first-order valence-corrected chi connectivity index (χ1v) is 11.7. The van der Waals surface area contributed by atoms with Crippen LogP contribution in [-0.4, -0.2) is 18.7 Å². The number of aromatic hydroxyl groups is 1. The maximum Gasteiger partial charge on any atom is 0.117 e. The molecule has 1 N–H and O–H groups in total. The number of hydrogen-bond acceptors (Lipinski definition) is 2. The van der Waals surface area contributed by atoms with E-state index in [9.17, 15) is 5.11 Å². The number of phenols is 1. The van der Waals surface area contributed by atoms with Crippen LogP contribution in [0, 0.1) is 0 Å². The predicted molar refractivity (Wildman–Crippen MR) is 121 cm³/mol. The van der Waals surface area contributed by atoms with Gasteiger partial charge >= 0.3 is 0 Å². The summed E-state index contributed by atoms with van der Waals surface area (Å²) in [5.41, 5.74) is 1.11. The highest BCUT2D eigenvalue weighted by molar-refractivity contribution is 5.49. The van der Waals surface area contributed by atoms with Gasteiger partial charge in [0.2, 0.25) is 0 Å². The number of anilines is 1. The number of rotatable bonds is 18. The monoisotopic (exact) mass is 375 g/mol. The lowest BCUT2D eigenvalue weighted by Crippen LogP contribution is -2.18. The highest BCUT2D eigenvalue weighted by atomic mass is 16.3. The van der Waals surface area contributed by atoms with Crippen LogP contribution in [0.25, 0.3) is 0 Å². The van der Waals surface area contributed by atoms with Crippen LogP contribution in [0.4, 0.5) is 5.69 Å². The number of benzene rings is 1. The SMILES string of the molecule is CCCCCCCCCCCCCCCCCCN(C)c1cccc(O)c1. The molecule has 1 rings (SSSR count). The van der Waals surface area contributed by atoms with Crippen LogP contribution >= 0.6 is 0 Å². The second-order valence-corrected chi connectivity index (χ2v) is 8.24. The minimum absolute atomic E-state index is 0.353. The van der Waals surface area contributed by atoms with Gasteiger partial charge in [0.05, 0.1) is 0 Å². The minimum atomic E-state index is 0.353. The summed E-state index contributed by atoms with van der Waals surface area (Å²) in [7, 11) is 2.11. The summed E-state index contributed by atoms with van der Waals surface area (Å²) in [4.78, 5) is 2.24. The molecule has 0 unspecified atom stereocenters. The number of hydrogen-bond donors (Lipinski definition) is 1. The molecule has 0 bridgehead atoms. The van der Waals surface area contributed by atoms with Crippen LogP contribution < -0.4 is 4.90 Å². The lowest BCUT2D eigenvalue weighted by Gasteiger charge is -2.19. The van der Waals surface area contributed by atoms with Crippen LogP contribution in [0.1, 0.15) is 110 Å². The van der Waals surface area contributed by atoms with E-state index in [4.69, 9.17) is 0 Å². The molecule has 2 nitrogen and oxygen atoms in total. The molecule has 2 heteroatoms. The molecule has 27 heavy (non-hydrogen) atoms. The third kappa shape index (κ3) is 13.6. The van der Waals surface area contributed by atoms with E-state index < -0.39 is 0 Å². The van der Waals surface area contributed by atoms with E-state index in [1.807, 2.05) is 12.1 Å². The Balaban J connectivity index is 1.80. The fourth-order valence-electron chi connectivity index (χ4n) is 3.76. The predicted octanol–water partition coefficient (Wildman–Crippen LogP) is 8.09. The molecule has 0 fully saturated rings. The first kappa shape index (κ1) is 23.9. The molecule has 0 aliphatic rings. The van der Waals surface area contributed by atoms with Crippen LogP contribution in [-0.2, 0) is 0 Å². The van der Waals surface area contributed by atoms with Crippen LogP contribution in [0.15, 0.2) is 24.3 Å². The first-order valence-electron chi connectivity index (χ1n) is 11.7.